The molecule has 1 N–H and O–H groups in total. The first-order valence-corrected chi connectivity index (χ1v) is 10.5. The van der Waals surface area contributed by atoms with Gasteiger partial charge in [0.2, 0.25) is 0 Å². The summed E-state index contributed by atoms with van der Waals surface area (Å²) in [6.07, 6.45) is 4.62. The van der Waals surface area contributed by atoms with Crippen molar-refractivity contribution in [2.45, 2.75) is 0 Å². The average Bonchev–Trinajstić information content (AvgIpc) is 3.20. The summed E-state index contributed by atoms with van der Waals surface area (Å²) in [5.74, 6) is -0.366. The number of phenolic OH excluding ortho intramolecular Hbond substituents is 1. The number of allylic oxidation sites excluding steroid dienone is 1. The van der Waals surface area contributed by atoms with Crippen molar-refractivity contribution in [2.24, 2.45) is 0 Å². The molecule has 1 heterocycles. The van der Waals surface area contributed by atoms with Gasteiger partial charge in [-0.3, -0.25) is 9.36 Å². The van der Waals surface area contributed by atoms with Gasteiger partial charge in [-0.1, -0.05) is 66.7 Å². The molecular weight excluding hydrogens is 412 g/mol. The van der Waals surface area contributed by atoms with Gasteiger partial charge in [-0.05, 0) is 52.7 Å². The summed E-state index contributed by atoms with van der Waals surface area (Å²) in [7, 11) is 0. The molecule has 0 fully saturated rings. The molecule has 1 aromatic heterocycles. The highest BCUT2D eigenvalue weighted by Gasteiger charge is 2.18. The third-order valence-corrected chi connectivity index (χ3v) is 5.48. The quantitative estimate of drug-likeness (QED) is 0.381. The van der Waals surface area contributed by atoms with Crippen LogP contribution in [0.1, 0.15) is 10.4 Å². The van der Waals surface area contributed by atoms with Crippen LogP contribution >= 0.6 is 0 Å². The van der Waals surface area contributed by atoms with E-state index in [0.717, 1.165) is 16.3 Å². The SMILES string of the molecule is O=C(/C=C/c1cccc(O)c1)n1c(-c2ccc3ccccc3c2)cn(-c2ccccc2)c1=O. The number of phenols is 1. The summed E-state index contributed by atoms with van der Waals surface area (Å²) < 4.78 is 2.65. The third kappa shape index (κ3) is 4.00. The second kappa shape index (κ2) is 8.48. The predicted octanol–water partition coefficient (Wildman–Crippen LogP) is 5.52. The number of carbonyl (C=O) groups excluding carboxylic acids is 1. The third-order valence-electron chi connectivity index (χ3n) is 5.48. The highest BCUT2D eigenvalue weighted by molar-refractivity contribution is 5.97. The van der Waals surface area contributed by atoms with Crippen LogP contribution in [0.25, 0.3) is 33.8 Å². The van der Waals surface area contributed by atoms with E-state index in [9.17, 15) is 14.7 Å². The number of carbonyl (C=O) groups is 1. The lowest BCUT2D eigenvalue weighted by atomic mass is 10.1. The Kier molecular flexibility index (Phi) is 5.21. The van der Waals surface area contributed by atoms with E-state index in [4.69, 9.17) is 0 Å². The van der Waals surface area contributed by atoms with Crippen molar-refractivity contribution in [3.63, 3.8) is 0 Å². The maximum absolute atomic E-state index is 13.4. The van der Waals surface area contributed by atoms with Gasteiger partial charge in [0.25, 0.3) is 5.91 Å². The molecule has 0 unspecified atom stereocenters. The Hall–Kier alpha value is -4.64. The number of fused-ring (bicyclic) bond motifs is 1. The maximum Gasteiger partial charge on any atom is 0.340 e. The van der Waals surface area contributed by atoms with Crippen LogP contribution in [-0.2, 0) is 0 Å². The maximum atomic E-state index is 13.4. The van der Waals surface area contributed by atoms with Crippen molar-refractivity contribution in [1.82, 2.24) is 9.13 Å². The average molecular weight is 432 g/mol. The van der Waals surface area contributed by atoms with Crippen molar-refractivity contribution >= 4 is 22.8 Å². The van der Waals surface area contributed by atoms with E-state index < -0.39 is 11.6 Å². The van der Waals surface area contributed by atoms with Crippen LogP contribution in [0.4, 0.5) is 0 Å². The van der Waals surface area contributed by atoms with Crippen molar-refractivity contribution in [2.75, 3.05) is 0 Å². The van der Waals surface area contributed by atoms with Crippen LogP contribution in [0.3, 0.4) is 0 Å². The molecule has 4 aromatic carbocycles. The van der Waals surface area contributed by atoms with Crippen LogP contribution in [0.15, 0.2) is 114 Å². The number of imidazole rings is 1. The molecule has 0 radical (unpaired) electrons. The highest BCUT2D eigenvalue weighted by Crippen LogP contribution is 2.25. The molecule has 5 aromatic rings. The van der Waals surface area contributed by atoms with Gasteiger partial charge in [0.15, 0.2) is 0 Å². The van der Waals surface area contributed by atoms with Crippen LogP contribution in [0, 0.1) is 0 Å². The van der Waals surface area contributed by atoms with Gasteiger partial charge >= 0.3 is 5.69 Å². The minimum Gasteiger partial charge on any atom is -0.508 e. The van der Waals surface area contributed by atoms with Gasteiger partial charge in [0.05, 0.1) is 11.4 Å². The molecule has 0 spiro atoms. The number of hydrogen-bond acceptors (Lipinski definition) is 3. The number of rotatable bonds is 4. The molecule has 0 saturated heterocycles. The lowest BCUT2D eigenvalue weighted by Crippen LogP contribution is -2.27. The Bertz CT molecular complexity index is 1560. The van der Waals surface area contributed by atoms with Crippen LogP contribution in [0.2, 0.25) is 0 Å². The van der Waals surface area contributed by atoms with Crippen LogP contribution in [-0.4, -0.2) is 20.1 Å². The normalized spacial score (nSPS) is 11.3. The molecule has 5 nitrogen and oxygen atoms in total. The van der Waals surface area contributed by atoms with Crippen molar-refractivity contribution < 1.29 is 9.90 Å². The molecule has 5 heteroatoms. The summed E-state index contributed by atoms with van der Waals surface area (Å²) in [6.45, 7) is 0. The Morgan fingerprint density at radius 1 is 0.788 bits per heavy atom. The topological polar surface area (TPSA) is 64.2 Å². The number of nitrogens with zero attached hydrogens (tertiary/aromatic N) is 2. The molecule has 33 heavy (non-hydrogen) atoms. The number of hydrogen-bond donors (Lipinski definition) is 1. The van der Waals surface area contributed by atoms with Gasteiger partial charge in [-0.15, -0.1) is 0 Å². The van der Waals surface area contributed by atoms with Gasteiger partial charge in [0, 0.05) is 17.8 Å². The Morgan fingerprint density at radius 2 is 1.55 bits per heavy atom. The molecule has 0 atom stereocenters. The van der Waals surface area contributed by atoms with E-state index >= 15 is 0 Å². The molecule has 5 rings (SSSR count). The molecule has 0 bridgehead atoms. The van der Waals surface area contributed by atoms with E-state index in [2.05, 4.69) is 0 Å². The standard InChI is InChI=1S/C28H20N2O3/c31-25-12-6-7-20(17-25)13-16-27(32)30-26(19-29(28(30)33)24-10-2-1-3-11-24)23-15-14-21-8-4-5-9-22(21)18-23/h1-19,31H/b16-13+. The second-order valence-corrected chi connectivity index (χ2v) is 7.67. The minimum atomic E-state index is -0.471. The minimum absolute atomic E-state index is 0.105. The fourth-order valence-electron chi connectivity index (χ4n) is 3.86. The molecule has 0 amide bonds. The molecule has 0 aliphatic heterocycles. The summed E-state index contributed by atoms with van der Waals surface area (Å²) in [4.78, 5) is 26.6. The Balaban J connectivity index is 1.65. The molecule has 160 valence electrons. The zero-order chi connectivity index (χ0) is 22.8. The first kappa shape index (κ1) is 20.3. The largest absolute Gasteiger partial charge is 0.508 e. The summed E-state index contributed by atoms with van der Waals surface area (Å²) in [6, 6.07) is 29.6. The Labute approximate surface area is 190 Å². The predicted molar refractivity (Wildman–Crippen MR) is 131 cm³/mol. The second-order valence-electron chi connectivity index (χ2n) is 7.67. The summed E-state index contributed by atoms with van der Waals surface area (Å²) in [5, 5.41) is 11.8. The highest BCUT2D eigenvalue weighted by atomic mass is 16.3. The summed E-state index contributed by atoms with van der Waals surface area (Å²) in [5.41, 5.74) is 2.15. The van der Waals surface area contributed by atoms with E-state index in [-0.39, 0.29) is 5.75 Å². The fraction of sp³-hybridized carbons (Fsp3) is 0. The number of para-hydroxylation sites is 1. The molecular formula is C28H20N2O3. The van der Waals surface area contributed by atoms with Crippen LogP contribution < -0.4 is 5.69 Å². The lowest BCUT2D eigenvalue weighted by molar-refractivity contribution is 0.0967. The molecule has 0 aliphatic carbocycles. The van der Waals surface area contributed by atoms with E-state index in [1.165, 1.54) is 15.2 Å². The van der Waals surface area contributed by atoms with Gasteiger partial charge in [-0.25, -0.2) is 9.36 Å². The van der Waals surface area contributed by atoms with Crippen molar-refractivity contribution in [3.8, 4) is 22.7 Å². The monoisotopic (exact) mass is 432 g/mol. The van der Waals surface area contributed by atoms with Crippen molar-refractivity contribution in [3.05, 3.63) is 125 Å². The Morgan fingerprint density at radius 3 is 2.33 bits per heavy atom. The zero-order valence-corrected chi connectivity index (χ0v) is 17.6. The molecule has 0 aliphatic rings. The number of benzene rings is 4. The number of aromatic hydroxyl groups is 1. The smallest absolute Gasteiger partial charge is 0.340 e. The number of aromatic nitrogens is 2. The summed E-state index contributed by atoms with van der Waals surface area (Å²) >= 11 is 0. The first-order chi connectivity index (χ1) is 16.1. The van der Waals surface area contributed by atoms with Gasteiger partial charge < -0.3 is 5.11 Å². The van der Waals surface area contributed by atoms with E-state index in [1.54, 1.807) is 36.5 Å². The molecule has 0 saturated carbocycles. The van der Waals surface area contributed by atoms with Gasteiger partial charge in [-0.2, -0.15) is 0 Å². The first-order valence-electron chi connectivity index (χ1n) is 10.5. The lowest BCUT2D eigenvalue weighted by Gasteiger charge is -2.05. The van der Waals surface area contributed by atoms with Gasteiger partial charge in [0.1, 0.15) is 5.75 Å². The van der Waals surface area contributed by atoms with Crippen LogP contribution in [0.5, 0.6) is 5.75 Å². The zero-order valence-electron chi connectivity index (χ0n) is 17.6. The van der Waals surface area contributed by atoms with E-state index in [0.29, 0.717) is 16.9 Å². The van der Waals surface area contributed by atoms with Crippen molar-refractivity contribution in [1.29, 1.82) is 0 Å². The fourth-order valence-corrected chi connectivity index (χ4v) is 3.86. The van der Waals surface area contributed by atoms with E-state index in [1.807, 2.05) is 72.8 Å².